The van der Waals surface area contributed by atoms with Crippen molar-refractivity contribution < 1.29 is 91.6 Å². The molecule has 0 aromatic heterocycles. The van der Waals surface area contributed by atoms with Gasteiger partial charge in [-0.25, -0.2) is 8.42 Å². The molecular weight excluding hydrogens is 683 g/mol. The first-order valence-electron chi connectivity index (χ1n) is 18.3. The Hall–Kier alpha value is 0.510. The van der Waals surface area contributed by atoms with E-state index >= 15 is 0 Å². The van der Waals surface area contributed by atoms with Crippen LogP contribution in [0.25, 0.3) is 0 Å². The van der Waals surface area contributed by atoms with Crippen LogP contribution in [0.3, 0.4) is 0 Å². The van der Waals surface area contributed by atoms with E-state index in [4.69, 9.17) is 18.4 Å². The normalized spacial score (nSPS) is 47.5. The van der Waals surface area contributed by atoms with Crippen molar-refractivity contribution in [3.8, 4) is 0 Å². The van der Waals surface area contributed by atoms with Gasteiger partial charge in [0.1, 0.15) is 18.3 Å². The van der Waals surface area contributed by atoms with Gasteiger partial charge in [-0.15, -0.1) is 0 Å². The smallest absolute Gasteiger partial charge is 0.726 e. The molecule has 0 aromatic carbocycles. The monoisotopic (exact) mass is 744 g/mol. The van der Waals surface area contributed by atoms with Crippen LogP contribution in [0.1, 0.15) is 86.0 Å². The summed E-state index contributed by atoms with van der Waals surface area (Å²) >= 11 is 0. The molecule has 286 valence electrons. The van der Waals surface area contributed by atoms with Gasteiger partial charge >= 0.3 is 29.6 Å². The molecule has 1 aliphatic heterocycles. The maximum atomic E-state index is 11.9. The number of methoxy groups -OCH3 is 1. The maximum Gasteiger partial charge on any atom is 1.00 e. The van der Waals surface area contributed by atoms with Crippen LogP contribution < -0.4 is 29.6 Å². The molecule has 15 heteroatoms. The quantitative estimate of drug-likeness (QED) is 0.0769. The maximum absolute atomic E-state index is 11.9. The van der Waals surface area contributed by atoms with Crippen LogP contribution >= 0.6 is 0 Å². The molecule has 0 unspecified atom stereocenters. The molecule has 0 radical (unpaired) electrons. The second-order valence-corrected chi connectivity index (χ2v) is 17.9. The number of hydrogen-bond acceptors (Lipinski definition) is 13. The first-order valence-corrected chi connectivity index (χ1v) is 19.7. The van der Waals surface area contributed by atoms with E-state index in [1.54, 1.807) is 0 Å². The first-order chi connectivity index (χ1) is 22.9. The van der Waals surface area contributed by atoms with Crippen LogP contribution in [0.15, 0.2) is 0 Å². The van der Waals surface area contributed by atoms with Crippen molar-refractivity contribution in [1.82, 2.24) is 0 Å². The molecule has 1 heterocycles. The van der Waals surface area contributed by atoms with Gasteiger partial charge in [-0.05, 0) is 97.2 Å². The summed E-state index contributed by atoms with van der Waals surface area (Å²) in [5, 5.41) is 65.8. The molecule has 5 fully saturated rings. The third-order valence-electron chi connectivity index (χ3n) is 14.1. The van der Waals surface area contributed by atoms with Crippen molar-refractivity contribution in [2.24, 2.45) is 58.2 Å². The number of rotatable bonds is 12. The predicted molar refractivity (Wildman–Crippen MR) is 175 cm³/mol. The van der Waals surface area contributed by atoms with Gasteiger partial charge in [0.05, 0.1) is 43.7 Å². The zero-order valence-corrected chi connectivity index (χ0v) is 33.7. The summed E-state index contributed by atoms with van der Waals surface area (Å²) in [4.78, 5) is 0. The number of aliphatic hydroxyl groups is 6. The minimum absolute atomic E-state index is 0. The Morgan fingerprint density at radius 2 is 1.50 bits per heavy atom. The summed E-state index contributed by atoms with van der Waals surface area (Å²) in [6.45, 7) is 11.0. The molecule has 5 rings (SSSR count). The van der Waals surface area contributed by atoms with Crippen molar-refractivity contribution in [3.05, 3.63) is 0 Å². The zero-order chi connectivity index (χ0) is 36.2. The summed E-state index contributed by atoms with van der Waals surface area (Å²) in [6.07, 6.45) is -4.43. The summed E-state index contributed by atoms with van der Waals surface area (Å²) in [7, 11) is -3.66. The average Bonchev–Trinajstić information content (AvgIpc) is 3.22. The summed E-state index contributed by atoms with van der Waals surface area (Å²) in [5.41, 5.74) is -1.08. The molecule has 1 saturated heterocycles. The fourth-order valence-electron chi connectivity index (χ4n) is 11.6. The van der Waals surface area contributed by atoms with Crippen LogP contribution in [-0.2, 0) is 28.8 Å². The fourth-order valence-corrected chi connectivity index (χ4v) is 12.1. The molecule has 0 spiro atoms. The third kappa shape index (κ3) is 8.21. The van der Waals surface area contributed by atoms with Crippen molar-refractivity contribution in [1.29, 1.82) is 0 Å². The van der Waals surface area contributed by atoms with Crippen LogP contribution in [0.4, 0.5) is 0 Å². The Balaban J connectivity index is 0.00000562. The van der Waals surface area contributed by atoms with E-state index in [1.165, 1.54) is 7.11 Å². The van der Waals surface area contributed by atoms with Crippen molar-refractivity contribution in [3.63, 3.8) is 0 Å². The second kappa shape index (κ2) is 16.7. The van der Waals surface area contributed by atoms with E-state index in [1.807, 2.05) is 6.92 Å². The molecule has 5 aliphatic rings. The summed E-state index contributed by atoms with van der Waals surface area (Å²) in [6, 6.07) is 0. The van der Waals surface area contributed by atoms with Gasteiger partial charge in [-0.1, -0.05) is 41.0 Å². The van der Waals surface area contributed by atoms with Gasteiger partial charge in [-0.2, -0.15) is 0 Å². The average molecular weight is 745 g/mol. The molecule has 0 amide bonds. The number of aliphatic hydroxyl groups excluding tert-OH is 6. The third-order valence-corrected chi connectivity index (χ3v) is 14.6. The molecule has 0 bridgehead atoms. The Bertz CT molecular complexity index is 1230. The van der Waals surface area contributed by atoms with E-state index in [0.717, 1.165) is 25.7 Å². The molecule has 0 aromatic rings. The van der Waals surface area contributed by atoms with Crippen LogP contribution in [0.2, 0.25) is 0 Å². The van der Waals surface area contributed by atoms with Crippen LogP contribution in [0, 0.1) is 58.2 Å². The molecular formula is C35H61NaO13S. The number of ether oxygens (including phenoxy) is 3. The SMILES string of the molecule is CO[C@@H]1CO[C@@H](OCC[C@@H](CC[C@@H](C)[C@H]2[C@@H](O)[C@@H](O)[C@H]3[C@@H]4C[C@H](OS(=O)(=O)[O-])[C@H]5[C@@H](O)[C@@H](O)CC[C@]5(C)[C@H]4CC[C@]23C)C(C)C)[C@H](O)[C@H]1O.[Na+]. The Kier molecular flexibility index (Phi) is 14.4. The number of hydrogen-bond donors (Lipinski definition) is 6. The van der Waals surface area contributed by atoms with E-state index in [-0.39, 0.29) is 78.1 Å². The van der Waals surface area contributed by atoms with Gasteiger partial charge in [0.15, 0.2) is 6.29 Å². The second-order valence-electron chi connectivity index (χ2n) is 16.9. The van der Waals surface area contributed by atoms with E-state index in [2.05, 4.69) is 27.7 Å². The molecule has 13 nitrogen and oxygen atoms in total. The zero-order valence-electron chi connectivity index (χ0n) is 30.8. The van der Waals surface area contributed by atoms with Gasteiger partial charge in [-0.3, -0.25) is 4.18 Å². The largest absolute Gasteiger partial charge is 1.00 e. The molecule has 50 heavy (non-hydrogen) atoms. The van der Waals surface area contributed by atoms with Crippen molar-refractivity contribution in [2.75, 3.05) is 20.3 Å². The molecule has 4 aliphatic carbocycles. The van der Waals surface area contributed by atoms with Gasteiger partial charge in [0, 0.05) is 13.0 Å². The number of fused-ring (bicyclic) bond motifs is 5. The van der Waals surface area contributed by atoms with Gasteiger partial charge < -0.3 is 49.4 Å². The van der Waals surface area contributed by atoms with Crippen molar-refractivity contribution in [2.45, 2.75) is 141 Å². The predicted octanol–water partition coefficient (Wildman–Crippen LogP) is -1.43. The summed E-state index contributed by atoms with van der Waals surface area (Å²) < 4.78 is 57.4. The van der Waals surface area contributed by atoms with E-state index < -0.39 is 82.3 Å². The molecule has 18 atom stereocenters. The minimum atomic E-state index is -5.11. The fraction of sp³-hybridized carbons (Fsp3) is 1.00. The Labute approximate surface area is 320 Å². The van der Waals surface area contributed by atoms with Gasteiger partial charge in [0.2, 0.25) is 10.4 Å². The van der Waals surface area contributed by atoms with Crippen LogP contribution in [-0.4, -0.2) is 119 Å². The summed E-state index contributed by atoms with van der Waals surface area (Å²) in [5.74, 6) is -0.919. The van der Waals surface area contributed by atoms with E-state index in [0.29, 0.717) is 31.8 Å². The molecule has 6 N–H and O–H groups in total. The first kappa shape index (κ1) is 43.2. The molecule has 4 saturated carbocycles. The Morgan fingerprint density at radius 1 is 0.840 bits per heavy atom. The topological polar surface area (TPSA) is 215 Å². The van der Waals surface area contributed by atoms with Crippen LogP contribution in [0.5, 0.6) is 0 Å². The minimum Gasteiger partial charge on any atom is -0.726 e. The van der Waals surface area contributed by atoms with Crippen molar-refractivity contribution >= 4 is 10.4 Å². The van der Waals surface area contributed by atoms with E-state index in [9.17, 15) is 43.6 Å². The van der Waals surface area contributed by atoms with Gasteiger partial charge in [0.25, 0.3) is 0 Å². The standard InChI is InChI=1S/C35H62O13S.Na/c1-17(2)19(11-14-46-33-32(41)29(38)24(45-6)16-47-33)8-7-18(3)25-30(39)31(40)26-20-15-23(48-49(42,43)44)27-28(37)22(36)10-13-34(27,4)21(20)9-12-35(25,26)5;/h17-33,36-41H,7-16H2,1-6H3,(H,42,43,44);/q;+1/p-1/t18-,19-,20-,21+,22+,23+,24-,25+,26-,27+,28+,29+,30-,31+,32-,33-,34-,35-;/m1./s1. The Morgan fingerprint density at radius 3 is 2.12 bits per heavy atom.